The maximum absolute atomic E-state index is 13.8. The summed E-state index contributed by atoms with van der Waals surface area (Å²) in [5.41, 5.74) is 0.155. The maximum Gasteiger partial charge on any atom is 0.252 e. The van der Waals surface area contributed by atoms with Gasteiger partial charge < -0.3 is 10.1 Å². The minimum atomic E-state index is -0.341. The molecule has 2 aromatic carbocycles. The highest BCUT2D eigenvalue weighted by Gasteiger charge is 2.31. The number of hydrogen-bond donors (Lipinski definition) is 1. The molecule has 1 atom stereocenters. The maximum atomic E-state index is 13.8. The number of rotatable bonds is 2. The van der Waals surface area contributed by atoms with Gasteiger partial charge in [0.25, 0.3) is 5.91 Å². The molecule has 1 aliphatic heterocycles. The topological polar surface area (TPSA) is 38.3 Å². The number of hydrogen-bond acceptors (Lipinski definition) is 2. The Morgan fingerprint density at radius 2 is 2.00 bits per heavy atom. The van der Waals surface area contributed by atoms with Crippen molar-refractivity contribution in [3.63, 3.8) is 0 Å². The molecule has 1 unspecified atom stereocenters. The van der Waals surface area contributed by atoms with Crippen molar-refractivity contribution in [1.82, 2.24) is 5.32 Å². The first-order chi connectivity index (χ1) is 9.59. The SMILES string of the molecule is CC1(NC(=O)c2ccc(F)c3ccccc23)CCOC1. The van der Waals surface area contributed by atoms with Crippen LogP contribution in [-0.2, 0) is 4.74 Å². The molecule has 0 aliphatic carbocycles. The van der Waals surface area contributed by atoms with Crippen molar-refractivity contribution in [3.05, 3.63) is 47.8 Å². The molecule has 3 rings (SSSR count). The summed E-state index contributed by atoms with van der Waals surface area (Å²) in [5, 5.41) is 4.09. The molecule has 2 aromatic rings. The molecule has 0 saturated carbocycles. The molecular weight excluding hydrogens is 257 g/mol. The van der Waals surface area contributed by atoms with Crippen LogP contribution in [0.3, 0.4) is 0 Å². The van der Waals surface area contributed by atoms with Gasteiger partial charge in [0.15, 0.2) is 0 Å². The standard InChI is InChI=1S/C16H16FNO2/c1-16(8-9-20-10-16)18-15(19)13-6-7-14(17)12-5-3-2-4-11(12)13/h2-7H,8-10H2,1H3,(H,18,19). The molecule has 3 nitrogen and oxygen atoms in total. The summed E-state index contributed by atoms with van der Waals surface area (Å²) < 4.78 is 19.1. The molecule has 1 N–H and O–H groups in total. The number of ether oxygens (including phenoxy) is 1. The zero-order chi connectivity index (χ0) is 14.2. The number of fused-ring (bicyclic) bond motifs is 1. The van der Waals surface area contributed by atoms with Gasteiger partial charge in [-0.15, -0.1) is 0 Å². The highest BCUT2D eigenvalue weighted by molar-refractivity contribution is 6.07. The van der Waals surface area contributed by atoms with Gasteiger partial charge in [0.1, 0.15) is 5.82 Å². The molecule has 0 spiro atoms. The van der Waals surface area contributed by atoms with Crippen molar-refractivity contribution >= 4 is 16.7 Å². The third-order valence-electron chi connectivity index (χ3n) is 3.75. The van der Waals surface area contributed by atoms with Gasteiger partial charge in [-0.3, -0.25) is 4.79 Å². The first-order valence-electron chi connectivity index (χ1n) is 6.67. The van der Waals surface area contributed by atoms with E-state index in [4.69, 9.17) is 4.74 Å². The molecule has 0 aromatic heterocycles. The Labute approximate surface area is 116 Å². The van der Waals surface area contributed by atoms with Gasteiger partial charge in [-0.05, 0) is 30.9 Å². The number of halogens is 1. The average molecular weight is 273 g/mol. The highest BCUT2D eigenvalue weighted by Crippen LogP contribution is 2.24. The Morgan fingerprint density at radius 1 is 1.25 bits per heavy atom. The van der Waals surface area contributed by atoms with Crippen LogP contribution in [0, 0.1) is 5.82 Å². The molecular formula is C16H16FNO2. The van der Waals surface area contributed by atoms with Gasteiger partial charge in [-0.25, -0.2) is 4.39 Å². The number of amides is 1. The van der Waals surface area contributed by atoms with Gasteiger partial charge in [0.05, 0.1) is 12.1 Å². The van der Waals surface area contributed by atoms with Crippen LogP contribution >= 0.6 is 0 Å². The summed E-state index contributed by atoms with van der Waals surface area (Å²) in [4.78, 5) is 12.4. The van der Waals surface area contributed by atoms with E-state index in [-0.39, 0.29) is 17.3 Å². The molecule has 0 radical (unpaired) electrons. The number of nitrogens with one attached hydrogen (secondary N) is 1. The van der Waals surface area contributed by atoms with Crippen LogP contribution in [0.15, 0.2) is 36.4 Å². The summed E-state index contributed by atoms with van der Waals surface area (Å²) in [6, 6.07) is 9.89. The van der Waals surface area contributed by atoms with E-state index in [1.54, 1.807) is 24.3 Å². The van der Waals surface area contributed by atoms with E-state index in [0.29, 0.717) is 29.5 Å². The van der Waals surface area contributed by atoms with E-state index in [9.17, 15) is 9.18 Å². The summed E-state index contributed by atoms with van der Waals surface area (Å²) in [6.45, 7) is 3.13. The lowest BCUT2D eigenvalue weighted by Crippen LogP contribution is -2.46. The van der Waals surface area contributed by atoms with E-state index in [1.165, 1.54) is 12.1 Å². The van der Waals surface area contributed by atoms with E-state index in [0.717, 1.165) is 6.42 Å². The van der Waals surface area contributed by atoms with Crippen molar-refractivity contribution in [2.45, 2.75) is 18.9 Å². The fourth-order valence-corrected chi connectivity index (χ4v) is 2.57. The van der Waals surface area contributed by atoms with E-state index in [1.807, 2.05) is 6.92 Å². The van der Waals surface area contributed by atoms with Crippen LogP contribution in [0.25, 0.3) is 10.8 Å². The monoisotopic (exact) mass is 273 g/mol. The van der Waals surface area contributed by atoms with Gasteiger partial charge in [0.2, 0.25) is 0 Å². The lowest BCUT2D eigenvalue weighted by atomic mass is 9.99. The van der Waals surface area contributed by atoms with Gasteiger partial charge in [-0.1, -0.05) is 24.3 Å². The Kier molecular flexibility index (Phi) is 3.18. The third-order valence-corrected chi connectivity index (χ3v) is 3.75. The molecule has 1 amide bonds. The zero-order valence-corrected chi connectivity index (χ0v) is 11.3. The van der Waals surface area contributed by atoms with Crippen molar-refractivity contribution < 1.29 is 13.9 Å². The summed E-state index contributed by atoms with van der Waals surface area (Å²) in [7, 11) is 0. The Bertz CT molecular complexity index is 663. The Hall–Kier alpha value is -1.94. The summed E-state index contributed by atoms with van der Waals surface area (Å²) in [6.07, 6.45) is 0.790. The molecule has 1 fully saturated rings. The van der Waals surface area contributed by atoms with Crippen LogP contribution in [0.2, 0.25) is 0 Å². The first kappa shape index (κ1) is 13.1. The predicted octanol–water partition coefficient (Wildman–Crippen LogP) is 2.89. The fraction of sp³-hybridized carbons (Fsp3) is 0.312. The van der Waals surface area contributed by atoms with Crippen molar-refractivity contribution in [3.8, 4) is 0 Å². The molecule has 104 valence electrons. The fourth-order valence-electron chi connectivity index (χ4n) is 2.57. The molecule has 0 bridgehead atoms. The van der Waals surface area contributed by atoms with Gasteiger partial charge >= 0.3 is 0 Å². The quantitative estimate of drug-likeness (QED) is 0.913. The van der Waals surface area contributed by atoms with Crippen LogP contribution in [0.1, 0.15) is 23.7 Å². The normalized spacial score (nSPS) is 22.1. The van der Waals surface area contributed by atoms with E-state index >= 15 is 0 Å². The minimum absolute atomic E-state index is 0.186. The third kappa shape index (κ3) is 2.27. The minimum Gasteiger partial charge on any atom is -0.379 e. The highest BCUT2D eigenvalue weighted by atomic mass is 19.1. The molecule has 1 aliphatic rings. The molecule has 20 heavy (non-hydrogen) atoms. The van der Waals surface area contributed by atoms with E-state index < -0.39 is 0 Å². The molecule has 4 heteroatoms. The van der Waals surface area contributed by atoms with Gasteiger partial charge in [0, 0.05) is 17.6 Å². The second kappa shape index (κ2) is 4.87. The average Bonchev–Trinajstić information content (AvgIpc) is 2.86. The van der Waals surface area contributed by atoms with Crippen molar-refractivity contribution in [1.29, 1.82) is 0 Å². The second-order valence-electron chi connectivity index (χ2n) is 5.46. The summed E-state index contributed by atoms with van der Waals surface area (Å²) >= 11 is 0. The number of benzene rings is 2. The number of carbonyl (C=O) groups excluding carboxylic acids is 1. The van der Waals surface area contributed by atoms with Crippen LogP contribution in [-0.4, -0.2) is 24.7 Å². The first-order valence-corrected chi connectivity index (χ1v) is 6.67. The predicted molar refractivity (Wildman–Crippen MR) is 75.2 cm³/mol. The molecule has 1 heterocycles. The number of carbonyl (C=O) groups is 1. The van der Waals surface area contributed by atoms with Crippen molar-refractivity contribution in [2.75, 3.05) is 13.2 Å². The summed E-state index contributed by atoms with van der Waals surface area (Å²) in [5.74, 6) is -0.498. The van der Waals surface area contributed by atoms with E-state index in [2.05, 4.69) is 5.32 Å². The van der Waals surface area contributed by atoms with Crippen LogP contribution in [0.5, 0.6) is 0 Å². The van der Waals surface area contributed by atoms with Crippen molar-refractivity contribution in [2.24, 2.45) is 0 Å². The Morgan fingerprint density at radius 3 is 2.70 bits per heavy atom. The lowest BCUT2D eigenvalue weighted by molar-refractivity contribution is 0.0891. The van der Waals surface area contributed by atoms with Crippen LogP contribution < -0.4 is 5.32 Å². The largest absolute Gasteiger partial charge is 0.379 e. The molecule has 1 saturated heterocycles. The van der Waals surface area contributed by atoms with Crippen LogP contribution in [0.4, 0.5) is 4.39 Å². The smallest absolute Gasteiger partial charge is 0.252 e. The lowest BCUT2D eigenvalue weighted by Gasteiger charge is -2.24. The second-order valence-corrected chi connectivity index (χ2v) is 5.46. The van der Waals surface area contributed by atoms with Gasteiger partial charge in [-0.2, -0.15) is 0 Å². The zero-order valence-electron chi connectivity index (χ0n) is 11.3. The Balaban J connectivity index is 1.98.